The lowest BCUT2D eigenvalue weighted by Crippen LogP contribution is -2.50. The number of anilines is 2. The average molecular weight is 349 g/mol. The van der Waals surface area contributed by atoms with Crippen LogP contribution in [0.3, 0.4) is 0 Å². The van der Waals surface area contributed by atoms with E-state index in [2.05, 4.69) is 15.5 Å². The Morgan fingerprint density at radius 3 is 2.23 bits per heavy atom. The van der Waals surface area contributed by atoms with Gasteiger partial charge in [-0.05, 0) is 24.3 Å². The fraction of sp³-hybridized carbons (Fsp3) is 0.211. The summed E-state index contributed by atoms with van der Waals surface area (Å²) in [6, 6.07) is 19.5. The molecule has 1 aliphatic rings. The number of carbonyl (C=O) groups excluding carboxylic acids is 1. The van der Waals surface area contributed by atoms with Gasteiger partial charge in [0.25, 0.3) is 0 Å². The number of carbonyl (C=O) groups is 1. The second-order valence-corrected chi connectivity index (χ2v) is 6.03. The van der Waals surface area contributed by atoms with Crippen LogP contribution in [-0.2, 0) is 0 Å². The molecule has 4 rings (SSSR count). The Morgan fingerprint density at radius 1 is 0.885 bits per heavy atom. The summed E-state index contributed by atoms with van der Waals surface area (Å²) in [7, 11) is 0. The van der Waals surface area contributed by atoms with Gasteiger partial charge in [0.2, 0.25) is 5.89 Å². The molecule has 1 aliphatic heterocycles. The first-order valence-electron chi connectivity index (χ1n) is 8.54. The van der Waals surface area contributed by atoms with E-state index in [0.29, 0.717) is 38.1 Å². The normalized spacial score (nSPS) is 14.3. The number of amides is 2. The largest absolute Gasteiger partial charge is 0.403 e. The van der Waals surface area contributed by atoms with Crippen molar-refractivity contribution in [2.24, 2.45) is 0 Å². The number of para-hydroxylation sites is 1. The highest BCUT2D eigenvalue weighted by Crippen LogP contribution is 2.22. The van der Waals surface area contributed by atoms with Gasteiger partial charge in [0.15, 0.2) is 0 Å². The summed E-state index contributed by atoms with van der Waals surface area (Å²) in [6.07, 6.45) is 0. The molecular weight excluding hydrogens is 330 g/mol. The van der Waals surface area contributed by atoms with Crippen LogP contribution in [-0.4, -0.2) is 47.3 Å². The zero-order valence-electron chi connectivity index (χ0n) is 14.2. The summed E-state index contributed by atoms with van der Waals surface area (Å²) in [6.45, 7) is 2.50. The lowest BCUT2D eigenvalue weighted by Gasteiger charge is -2.33. The van der Waals surface area contributed by atoms with Crippen molar-refractivity contribution in [2.45, 2.75) is 0 Å². The van der Waals surface area contributed by atoms with Crippen molar-refractivity contribution in [3.63, 3.8) is 0 Å². The van der Waals surface area contributed by atoms with E-state index in [9.17, 15) is 4.79 Å². The first-order chi connectivity index (χ1) is 12.8. The van der Waals surface area contributed by atoms with Gasteiger partial charge >= 0.3 is 12.0 Å². The zero-order chi connectivity index (χ0) is 17.8. The van der Waals surface area contributed by atoms with Gasteiger partial charge in [-0.1, -0.05) is 41.5 Å². The number of benzene rings is 2. The van der Waals surface area contributed by atoms with Crippen molar-refractivity contribution < 1.29 is 9.21 Å². The molecule has 0 spiro atoms. The van der Waals surface area contributed by atoms with Gasteiger partial charge in [0.05, 0.1) is 0 Å². The Bertz CT molecular complexity index is 858. The Hall–Kier alpha value is -3.35. The molecule has 0 atom stereocenters. The van der Waals surface area contributed by atoms with Gasteiger partial charge in [-0.15, -0.1) is 5.10 Å². The van der Waals surface area contributed by atoms with E-state index >= 15 is 0 Å². The number of hydrogen-bond acceptors (Lipinski definition) is 5. The van der Waals surface area contributed by atoms with Crippen LogP contribution in [0.2, 0.25) is 0 Å². The average Bonchev–Trinajstić information content (AvgIpc) is 3.20. The van der Waals surface area contributed by atoms with E-state index in [1.807, 2.05) is 65.6 Å². The number of urea groups is 1. The number of aromatic nitrogens is 2. The van der Waals surface area contributed by atoms with Crippen molar-refractivity contribution in [1.82, 2.24) is 15.1 Å². The lowest BCUT2D eigenvalue weighted by molar-refractivity contribution is 0.207. The maximum absolute atomic E-state index is 12.3. The predicted octanol–water partition coefficient (Wildman–Crippen LogP) is 3.09. The molecule has 0 unspecified atom stereocenters. The second-order valence-electron chi connectivity index (χ2n) is 6.03. The van der Waals surface area contributed by atoms with E-state index in [-0.39, 0.29) is 6.03 Å². The monoisotopic (exact) mass is 349 g/mol. The molecule has 1 fully saturated rings. The van der Waals surface area contributed by atoms with Gasteiger partial charge in [0, 0.05) is 37.4 Å². The van der Waals surface area contributed by atoms with Crippen molar-refractivity contribution in [3.05, 3.63) is 60.7 Å². The summed E-state index contributed by atoms with van der Waals surface area (Å²) in [5.41, 5.74) is 1.69. The first kappa shape index (κ1) is 16.1. The van der Waals surface area contributed by atoms with Gasteiger partial charge in [-0.2, -0.15) is 0 Å². The van der Waals surface area contributed by atoms with Gasteiger partial charge < -0.3 is 19.5 Å². The highest BCUT2D eigenvalue weighted by atomic mass is 16.4. The summed E-state index contributed by atoms with van der Waals surface area (Å²) < 4.78 is 5.79. The van der Waals surface area contributed by atoms with Crippen LogP contribution >= 0.6 is 0 Å². The van der Waals surface area contributed by atoms with Crippen LogP contribution in [0.15, 0.2) is 65.1 Å². The molecule has 2 amide bonds. The minimum Gasteiger partial charge on any atom is -0.403 e. The van der Waals surface area contributed by atoms with Crippen LogP contribution in [0.4, 0.5) is 16.5 Å². The van der Waals surface area contributed by atoms with Gasteiger partial charge in [0.1, 0.15) is 0 Å². The summed E-state index contributed by atoms with van der Waals surface area (Å²) in [5, 5.41) is 11.2. The van der Waals surface area contributed by atoms with Crippen LogP contribution in [0.1, 0.15) is 0 Å². The second kappa shape index (κ2) is 7.26. The number of rotatable bonds is 3. The van der Waals surface area contributed by atoms with E-state index in [1.54, 1.807) is 4.90 Å². The topological polar surface area (TPSA) is 74.5 Å². The number of nitrogens with one attached hydrogen (secondary N) is 1. The SMILES string of the molecule is O=C(Nc1ccccc1)N1CCN(c2nnc(-c3ccccc3)o2)CC1. The molecule has 1 saturated heterocycles. The third-order valence-electron chi connectivity index (χ3n) is 4.30. The Labute approximate surface area is 151 Å². The summed E-state index contributed by atoms with van der Waals surface area (Å²) in [4.78, 5) is 16.1. The number of nitrogens with zero attached hydrogens (tertiary/aromatic N) is 4. The maximum atomic E-state index is 12.3. The molecule has 0 saturated carbocycles. The van der Waals surface area contributed by atoms with Crippen LogP contribution in [0, 0.1) is 0 Å². The van der Waals surface area contributed by atoms with E-state index in [0.717, 1.165) is 11.3 Å². The molecule has 1 aromatic heterocycles. The smallest absolute Gasteiger partial charge is 0.321 e. The molecule has 1 N–H and O–H groups in total. The van der Waals surface area contributed by atoms with Crippen LogP contribution in [0.5, 0.6) is 0 Å². The van der Waals surface area contributed by atoms with Crippen molar-refractivity contribution >= 4 is 17.7 Å². The van der Waals surface area contributed by atoms with Gasteiger partial charge in [-0.25, -0.2) is 4.79 Å². The first-order valence-corrected chi connectivity index (χ1v) is 8.54. The molecule has 7 heteroatoms. The molecule has 2 aromatic carbocycles. The minimum atomic E-state index is -0.0913. The standard InChI is InChI=1S/C19H19N5O2/c25-18(20-16-9-5-2-6-10-16)23-11-13-24(14-12-23)19-22-21-17(26-19)15-7-3-1-4-8-15/h1-10H,11-14H2,(H,20,25). The third kappa shape index (κ3) is 3.51. The fourth-order valence-corrected chi connectivity index (χ4v) is 2.87. The van der Waals surface area contributed by atoms with E-state index in [1.165, 1.54) is 0 Å². The van der Waals surface area contributed by atoms with Crippen molar-refractivity contribution in [2.75, 3.05) is 36.4 Å². The predicted molar refractivity (Wildman–Crippen MR) is 99.0 cm³/mol. The molecule has 3 aromatic rings. The molecule has 0 radical (unpaired) electrons. The third-order valence-corrected chi connectivity index (χ3v) is 4.30. The van der Waals surface area contributed by atoms with Gasteiger partial charge in [-0.3, -0.25) is 0 Å². The molecule has 132 valence electrons. The zero-order valence-corrected chi connectivity index (χ0v) is 14.2. The quantitative estimate of drug-likeness (QED) is 0.786. The number of piperazine rings is 1. The molecule has 26 heavy (non-hydrogen) atoms. The number of hydrogen-bond donors (Lipinski definition) is 1. The Balaban J connectivity index is 1.35. The van der Waals surface area contributed by atoms with Crippen molar-refractivity contribution in [3.8, 4) is 11.5 Å². The fourth-order valence-electron chi connectivity index (χ4n) is 2.87. The molecule has 7 nitrogen and oxygen atoms in total. The van der Waals surface area contributed by atoms with E-state index < -0.39 is 0 Å². The molecular formula is C19H19N5O2. The molecule has 2 heterocycles. The lowest BCUT2D eigenvalue weighted by atomic mass is 10.2. The maximum Gasteiger partial charge on any atom is 0.321 e. The summed E-state index contributed by atoms with van der Waals surface area (Å²) in [5.74, 6) is 0.504. The highest BCUT2D eigenvalue weighted by Gasteiger charge is 2.24. The summed E-state index contributed by atoms with van der Waals surface area (Å²) >= 11 is 0. The highest BCUT2D eigenvalue weighted by molar-refractivity contribution is 5.89. The van der Waals surface area contributed by atoms with Crippen LogP contribution < -0.4 is 10.2 Å². The van der Waals surface area contributed by atoms with Crippen LogP contribution in [0.25, 0.3) is 11.5 Å². The van der Waals surface area contributed by atoms with Crippen molar-refractivity contribution in [1.29, 1.82) is 0 Å². The minimum absolute atomic E-state index is 0.0913. The Kier molecular flexibility index (Phi) is 4.51. The Morgan fingerprint density at radius 2 is 1.54 bits per heavy atom. The molecule has 0 bridgehead atoms. The van der Waals surface area contributed by atoms with E-state index in [4.69, 9.17) is 4.42 Å². The molecule has 0 aliphatic carbocycles.